The Morgan fingerprint density at radius 3 is 2.90 bits per heavy atom. The van der Waals surface area contributed by atoms with Crippen molar-refractivity contribution in [3.63, 3.8) is 0 Å². The molecule has 5 nitrogen and oxygen atoms in total. The van der Waals surface area contributed by atoms with Crippen molar-refractivity contribution in [2.45, 2.75) is 39.9 Å². The molecule has 110 valence electrons. The second-order valence-corrected chi connectivity index (χ2v) is 5.57. The van der Waals surface area contributed by atoms with E-state index in [0.29, 0.717) is 12.6 Å². The van der Waals surface area contributed by atoms with Gasteiger partial charge in [-0.25, -0.2) is 4.68 Å². The highest BCUT2D eigenvalue weighted by molar-refractivity contribution is 5.73. The highest BCUT2D eigenvalue weighted by Crippen LogP contribution is 2.17. The van der Waals surface area contributed by atoms with E-state index >= 15 is 0 Å². The molecule has 0 atom stereocenters. The monoisotopic (exact) mass is 284 g/mol. The van der Waals surface area contributed by atoms with Crippen molar-refractivity contribution in [2.75, 3.05) is 0 Å². The van der Waals surface area contributed by atoms with E-state index in [-0.39, 0.29) is 0 Å². The number of fused-ring (bicyclic) bond motifs is 1. The molecule has 5 heteroatoms. The molecule has 0 spiro atoms. The number of para-hydroxylation sites is 1. The molecule has 0 bridgehead atoms. The van der Waals surface area contributed by atoms with Crippen LogP contribution in [0.25, 0.3) is 11.0 Å². The summed E-state index contributed by atoms with van der Waals surface area (Å²) in [6.07, 6.45) is 0. The van der Waals surface area contributed by atoms with Gasteiger partial charge in [-0.15, -0.1) is 5.10 Å². The molecule has 0 aliphatic carbocycles. The molecule has 0 fully saturated rings. The van der Waals surface area contributed by atoms with E-state index in [1.807, 2.05) is 35.9 Å². The molecule has 0 unspecified atom stereocenters. The predicted molar refractivity (Wildman–Crippen MR) is 82.1 cm³/mol. The number of rotatable bonds is 5. The molecule has 0 saturated carbocycles. The normalized spacial score (nSPS) is 11.6. The largest absolute Gasteiger partial charge is 0.464 e. The van der Waals surface area contributed by atoms with Crippen LogP contribution in [0.1, 0.15) is 30.9 Å². The van der Waals surface area contributed by atoms with E-state index in [1.165, 1.54) is 5.56 Å². The number of hydrogen-bond donors (Lipinski definition) is 1. The molecule has 1 N–H and O–H groups in total. The SMILES string of the molecule is Cc1oc(Cn2nnc3ccccc32)cc1CNC(C)C. The lowest BCUT2D eigenvalue weighted by Gasteiger charge is -2.05. The highest BCUT2D eigenvalue weighted by Gasteiger charge is 2.10. The maximum atomic E-state index is 5.84. The van der Waals surface area contributed by atoms with Crippen molar-refractivity contribution in [1.82, 2.24) is 20.3 Å². The maximum Gasteiger partial charge on any atom is 0.126 e. The number of furan rings is 1. The molecule has 3 aromatic rings. The zero-order valence-electron chi connectivity index (χ0n) is 12.6. The number of aromatic nitrogens is 3. The van der Waals surface area contributed by atoms with Crippen molar-refractivity contribution in [2.24, 2.45) is 0 Å². The van der Waals surface area contributed by atoms with E-state index in [2.05, 4.69) is 35.5 Å². The smallest absolute Gasteiger partial charge is 0.126 e. The molecule has 0 aliphatic rings. The van der Waals surface area contributed by atoms with E-state index in [0.717, 1.165) is 29.1 Å². The van der Waals surface area contributed by atoms with Gasteiger partial charge in [0.1, 0.15) is 23.6 Å². The van der Waals surface area contributed by atoms with Gasteiger partial charge in [0.05, 0.1) is 5.52 Å². The maximum absolute atomic E-state index is 5.84. The highest BCUT2D eigenvalue weighted by atomic mass is 16.3. The molecular formula is C16H20N4O. The number of benzene rings is 1. The second kappa shape index (κ2) is 5.69. The summed E-state index contributed by atoms with van der Waals surface area (Å²) in [5.41, 5.74) is 3.12. The number of nitrogens with one attached hydrogen (secondary N) is 1. The van der Waals surface area contributed by atoms with Crippen LogP contribution in [0.15, 0.2) is 34.7 Å². The van der Waals surface area contributed by atoms with Crippen molar-refractivity contribution in [3.05, 3.63) is 47.4 Å². The van der Waals surface area contributed by atoms with Gasteiger partial charge >= 0.3 is 0 Å². The van der Waals surface area contributed by atoms with Gasteiger partial charge in [-0.2, -0.15) is 0 Å². The van der Waals surface area contributed by atoms with E-state index < -0.39 is 0 Å². The Morgan fingerprint density at radius 2 is 2.10 bits per heavy atom. The Morgan fingerprint density at radius 1 is 1.29 bits per heavy atom. The quantitative estimate of drug-likeness (QED) is 0.782. The van der Waals surface area contributed by atoms with Crippen LogP contribution in [0, 0.1) is 6.92 Å². The average molecular weight is 284 g/mol. The van der Waals surface area contributed by atoms with Crippen molar-refractivity contribution in [3.8, 4) is 0 Å². The minimum absolute atomic E-state index is 0.460. The molecule has 2 aromatic heterocycles. The number of aryl methyl sites for hydroxylation is 1. The van der Waals surface area contributed by atoms with Gasteiger partial charge in [-0.05, 0) is 25.1 Å². The fourth-order valence-corrected chi connectivity index (χ4v) is 2.34. The summed E-state index contributed by atoms with van der Waals surface area (Å²) in [6.45, 7) is 7.70. The molecule has 0 amide bonds. The number of nitrogens with zero attached hydrogens (tertiary/aromatic N) is 3. The van der Waals surface area contributed by atoms with E-state index in [1.54, 1.807) is 0 Å². The Kier molecular flexibility index (Phi) is 3.75. The Labute approximate surface area is 123 Å². The van der Waals surface area contributed by atoms with Gasteiger partial charge < -0.3 is 9.73 Å². The van der Waals surface area contributed by atoms with Gasteiger partial charge in [0, 0.05) is 18.2 Å². The van der Waals surface area contributed by atoms with Crippen LogP contribution in [0.3, 0.4) is 0 Å². The molecule has 1 aromatic carbocycles. The summed E-state index contributed by atoms with van der Waals surface area (Å²) in [4.78, 5) is 0. The van der Waals surface area contributed by atoms with E-state index in [9.17, 15) is 0 Å². The molecule has 2 heterocycles. The van der Waals surface area contributed by atoms with Crippen LogP contribution in [0.4, 0.5) is 0 Å². The third-order valence-corrected chi connectivity index (χ3v) is 3.50. The lowest BCUT2D eigenvalue weighted by atomic mass is 10.2. The lowest BCUT2D eigenvalue weighted by molar-refractivity contribution is 0.455. The summed E-state index contributed by atoms with van der Waals surface area (Å²) >= 11 is 0. The van der Waals surface area contributed by atoms with Crippen LogP contribution in [0.5, 0.6) is 0 Å². The fourth-order valence-electron chi connectivity index (χ4n) is 2.34. The van der Waals surface area contributed by atoms with Crippen LogP contribution in [-0.4, -0.2) is 21.0 Å². The van der Waals surface area contributed by atoms with Crippen LogP contribution < -0.4 is 5.32 Å². The summed E-state index contributed by atoms with van der Waals surface area (Å²) in [5.74, 6) is 1.87. The minimum atomic E-state index is 0.460. The van der Waals surface area contributed by atoms with Crippen molar-refractivity contribution in [1.29, 1.82) is 0 Å². The molecule has 3 rings (SSSR count). The van der Waals surface area contributed by atoms with Crippen LogP contribution in [0.2, 0.25) is 0 Å². The first-order chi connectivity index (χ1) is 10.1. The summed E-state index contributed by atoms with van der Waals surface area (Å²) < 4.78 is 7.71. The summed E-state index contributed by atoms with van der Waals surface area (Å²) in [6, 6.07) is 10.5. The second-order valence-electron chi connectivity index (χ2n) is 5.57. The van der Waals surface area contributed by atoms with Crippen LogP contribution >= 0.6 is 0 Å². The first-order valence-electron chi connectivity index (χ1n) is 7.23. The zero-order valence-corrected chi connectivity index (χ0v) is 12.6. The summed E-state index contributed by atoms with van der Waals surface area (Å²) in [7, 11) is 0. The van der Waals surface area contributed by atoms with Gasteiger partial charge in [0.25, 0.3) is 0 Å². The van der Waals surface area contributed by atoms with Gasteiger partial charge in [-0.3, -0.25) is 0 Å². The van der Waals surface area contributed by atoms with Gasteiger partial charge in [-0.1, -0.05) is 31.2 Å². The van der Waals surface area contributed by atoms with Crippen molar-refractivity contribution < 1.29 is 4.42 Å². The van der Waals surface area contributed by atoms with E-state index in [4.69, 9.17) is 4.42 Å². The van der Waals surface area contributed by atoms with Crippen molar-refractivity contribution >= 4 is 11.0 Å². The Bertz CT molecular complexity index is 742. The summed E-state index contributed by atoms with van der Waals surface area (Å²) in [5, 5.41) is 11.8. The molecule has 21 heavy (non-hydrogen) atoms. The zero-order chi connectivity index (χ0) is 14.8. The third-order valence-electron chi connectivity index (χ3n) is 3.50. The lowest BCUT2D eigenvalue weighted by Crippen LogP contribution is -2.21. The number of hydrogen-bond acceptors (Lipinski definition) is 4. The first kappa shape index (κ1) is 13.8. The average Bonchev–Trinajstić information content (AvgIpc) is 3.01. The molecule has 0 saturated heterocycles. The van der Waals surface area contributed by atoms with Gasteiger partial charge in [0.2, 0.25) is 0 Å². The predicted octanol–water partition coefficient (Wildman–Crippen LogP) is 2.88. The fraction of sp³-hybridized carbons (Fsp3) is 0.375. The molecule has 0 radical (unpaired) electrons. The van der Waals surface area contributed by atoms with Crippen LogP contribution in [-0.2, 0) is 13.1 Å². The third kappa shape index (κ3) is 2.97. The Hall–Kier alpha value is -2.14. The minimum Gasteiger partial charge on any atom is -0.464 e. The molecule has 0 aliphatic heterocycles. The topological polar surface area (TPSA) is 55.9 Å². The molecular weight excluding hydrogens is 264 g/mol. The van der Waals surface area contributed by atoms with Gasteiger partial charge in [0.15, 0.2) is 0 Å². The standard InChI is InChI=1S/C16H20N4O/c1-11(2)17-9-13-8-14(21-12(13)3)10-20-16-7-5-4-6-15(16)18-19-20/h4-8,11,17H,9-10H2,1-3H3. The first-order valence-corrected chi connectivity index (χ1v) is 7.23. The Balaban J connectivity index is 1.80.